The van der Waals surface area contributed by atoms with Gasteiger partial charge in [0.2, 0.25) is 0 Å². The van der Waals surface area contributed by atoms with Crippen LogP contribution in [0.15, 0.2) is 110 Å². The maximum Gasteiger partial charge on any atom is 0.435 e. The second-order valence-corrected chi connectivity index (χ2v) is 32.5. The average Bonchev–Trinajstić information content (AvgIpc) is 4.41. The third kappa shape index (κ3) is 19.2. The minimum Gasteiger partial charge on any atom is -0.477 e. The number of carbonyl (C=O) groups excluding carboxylic acids is 1. The van der Waals surface area contributed by atoms with Gasteiger partial charge in [0, 0.05) is 97.7 Å². The number of carboxylic acids is 1. The summed E-state index contributed by atoms with van der Waals surface area (Å²) in [6.07, 6.45) is -3.02. The Bertz CT molecular complexity index is 3520. The smallest absolute Gasteiger partial charge is 0.435 e. The second kappa shape index (κ2) is 31.7. The van der Waals surface area contributed by atoms with Crippen LogP contribution in [0.4, 0.5) is 55.3 Å². The van der Waals surface area contributed by atoms with Crippen molar-refractivity contribution < 1.29 is 71.9 Å². The van der Waals surface area contributed by atoms with E-state index >= 15 is 0 Å². The van der Waals surface area contributed by atoms with Gasteiger partial charge < -0.3 is 35.1 Å². The molecule has 0 saturated carbocycles. The fourth-order valence-corrected chi connectivity index (χ4v) is 6.75. The number of hydrogen-bond acceptors (Lipinski definition) is 11. The number of nitrogen functional groups attached to an aromatic ring is 1. The summed E-state index contributed by atoms with van der Waals surface area (Å²) < 4.78 is 138. The number of carboxylic acid groups (broad SMARTS) is 1. The van der Waals surface area contributed by atoms with E-state index in [1.807, 2.05) is 48.8 Å². The topological polar surface area (TPSA) is 218 Å². The van der Waals surface area contributed by atoms with Crippen LogP contribution in [0.3, 0.4) is 0 Å². The molecular formula is C49H42F10I5N14O3-. The van der Waals surface area contributed by atoms with Gasteiger partial charge in [0.15, 0.2) is 17.1 Å². The monoisotopic (exact) mass is 1700 g/mol. The Balaban J connectivity index is 0.000000331. The summed E-state index contributed by atoms with van der Waals surface area (Å²) in [5.41, 5.74) is 1.09. The molecule has 4 aromatic carbocycles. The van der Waals surface area contributed by atoms with E-state index in [4.69, 9.17) is 21.4 Å². The van der Waals surface area contributed by atoms with Crippen LogP contribution in [0.1, 0.15) is 62.6 Å². The third-order valence-corrected chi connectivity index (χ3v) is 10.2. The van der Waals surface area contributed by atoms with Crippen molar-refractivity contribution in [1.82, 2.24) is 48.5 Å². The second-order valence-electron chi connectivity index (χ2n) is 16.3. The minimum absolute atomic E-state index is 0. The zero-order valence-corrected chi connectivity index (χ0v) is 52.0. The third-order valence-electron chi connectivity index (χ3n) is 10.2. The van der Waals surface area contributed by atoms with Gasteiger partial charge >= 0.3 is 68.8 Å². The van der Waals surface area contributed by atoms with Gasteiger partial charge in [-0.1, -0.05) is 7.43 Å². The normalized spacial score (nSPS) is 10.8. The quantitative estimate of drug-likeness (QED) is 0.0626. The first-order chi connectivity index (χ1) is 37.7. The van der Waals surface area contributed by atoms with Gasteiger partial charge in [-0.2, -0.15) is 47.1 Å². The number of hydrogen-bond donors (Lipinski definition) is 3. The number of rotatable bonds is 11. The molecule has 432 valence electrons. The van der Waals surface area contributed by atoms with Gasteiger partial charge in [0.05, 0.1) is 47.0 Å². The van der Waals surface area contributed by atoms with Crippen LogP contribution in [0.2, 0.25) is 0 Å². The number of aromatic carboxylic acids is 1. The first kappa shape index (κ1) is 69.6. The molecule has 0 spiro atoms. The molecular weight excluding hydrogens is 1660 g/mol. The number of halogens is 15. The number of aromatic nitrogens is 8. The molecule has 1 amide bonds. The van der Waals surface area contributed by atoms with Crippen LogP contribution < -0.4 is 24.3 Å². The fraction of sp³-hybridized carbons (Fsp3) is 0.184. The summed E-state index contributed by atoms with van der Waals surface area (Å²) in [5, 5.41) is 35.5. The van der Waals surface area contributed by atoms with E-state index < -0.39 is 81.4 Å². The summed E-state index contributed by atoms with van der Waals surface area (Å²) in [6.45, 7) is 1.18. The summed E-state index contributed by atoms with van der Waals surface area (Å²) >= 11 is 9.54. The number of anilines is 2. The molecule has 0 aliphatic rings. The van der Waals surface area contributed by atoms with Gasteiger partial charge in [0.1, 0.15) is 52.8 Å². The van der Waals surface area contributed by atoms with E-state index in [1.165, 1.54) is 24.3 Å². The molecule has 8 rings (SSSR count). The number of imidazole rings is 2. The van der Waals surface area contributed by atoms with E-state index in [1.54, 1.807) is 41.4 Å². The molecule has 0 radical (unpaired) electrons. The van der Waals surface area contributed by atoms with Crippen LogP contribution in [-0.2, 0) is 25.4 Å². The van der Waals surface area contributed by atoms with E-state index in [-0.39, 0.29) is 30.2 Å². The molecule has 17 nitrogen and oxygen atoms in total. The average molecular weight is 1700 g/mol. The van der Waals surface area contributed by atoms with E-state index in [9.17, 15) is 53.5 Å². The Hall–Kier alpha value is -5.69. The zero-order chi connectivity index (χ0) is 59.8. The Morgan fingerprint density at radius 1 is 0.642 bits per heavy atom. The van der Waals surface area contributed by atoms with Crippen molar-refractivity contribution in [2.75, 3.05) is 39.2 Å². The maximum absolute atomic E-state index is 14.9. The number of nitrogens with two attached hydrogens (primary N) is 1. The molecule has 4 aromatic heterocycles. The Labute approximate surface area is 509 Å². The molecule has 0 aliphatic carbocycles. The van der Waals surface area contributed by atoms with Crippen LogP contribution in [0, 0.1) is 45.9 Å². The summed E-state index contributed by atoms with van der Waals surface area (Å²) in [5.74, 6) is -4.26. The van der Waals surface area contributed by atoms with Crippen LogP contribution >= 0.6 is 74.5 Å². The predicted molar refractivity (Wildman–Crippen MR) is 310 cm³/mol. The number of amides is 1. The van der Waals surface area contributed by atoms with Crippen molar-refractivity contribution in [1.29, 1.82) is 10.5 Å². The van der Waals surface area contributed by atoms with E-state index in [2.05, 4.69) is 99.9 Å². The molecule has 0 bridgehead atoms. The predicted octanol–water partition coefficient (Wildman–Crippen LogP) is 9.98. The molecule has 0 saturated heterocycles. The summed E-state index contributed by atoms with van der Waals surface area (Å²) in [6, 6.07) is 18.2. The maximum atomic E-state index is 14.9. The molecule has 81 heavy (non-hydrogen) atoms. The largest absolute Gasteiger partial charge is 0.477 e. The molecule has 0 unspecified atom stereocenters. The van der Waals surface area contributed by atoms with Crippen molar-refractivity contribution >= 4 is 97.7 Å². The first-order valence-electron chi connectivity index (χ1n) is 21.7. The van der Waals surface area contributed by atoms with Gasteiger partial charge in [-0.25, -0.2) is 41.7 Å². The molecule has 0 fully saturated rings. The molecule has 32 heteroatoms. The Morgan fingerprint density at radius 3 is 1.42 bits per heavy atom. The number of nitrogens with zero attached hydrogens (tertiary/aromatic N) is 12. The van der Waals surface area contributed by atoms with Crippen molar-refractivity contribution in [3.05, 3.63) is 179 Å². The van der Waals surface area contributed by atoms with Gasteiger partial charge in [-0.15, -0.1) is 0 Å². The molecule has 4 N–H and O–H groups in total. The van der Waals surface area contributed by atoms with Crippen molar-refractivity contribution in [3.8, 4) is 34.9 Å². The standard InChI is InChI=1S/C24H18F5N7O.C12H5F4N3O2.C12H15FN4.CH4.I3.I2/c1-34(2)13-22-31-7-8-35(22)15-4-6-19(18(26)10-15)32-23(37)20-11-21(24(27,28)29)33-36(20)16-3-5-17(25)14(9-16)12-30;13-8-2-1-7(3-6(8)5-17)19-9(11(20)21)4-10(18-19)12(14,15)16;1-16(2)8-12-15-5-6-17(12)9-3-4-11(14)10(13)7-9;;1-3-2;1-2/h3-11H,13H2,1-2H3,(H,32,37);1-4H,(H,20,21);3-7H,8,14H2,1-2H3;1H4;;/q;;;;-1;. The molecule has 4 heterocycles. The van der Waals surface area contributed by atoms with Crippen LogP contribution in [0.5, 0.6) is 0 Å². The fourth-order valence-electron chi connectivity index (χ4n) is 6.75. The minimum atomic E-state index is -4.90. The molecule has 8 aromatic rings. The van der Waals surface area contributed by atoms with Crippen molar-refractivity contribution in [2.45, 2.75) is 32.9 Å². The van der Waals surface area contributed by atoms with Crippen molar-refractivity contribution in [2.24, 2.45) is 0 Å². The molecule has 0 aliphatic heterocycles. The van der Waals surface area contributed by atoms with Crippen LogP contribution in [0.25, 0.3) is 22.7 Å². The summed E-state index contributed by atoms with van der Waals surface area (Å²) in [4.78, 5) is 36.3. The Morgan fingerprint density at radius 2 is 1.04 bits per heavy atom. The number of nitriles is 2. The number of benzene rings is 4. The molecule has 0 atom stereocenters. The number of alkyl halides is 6. The zero-order valence-electron chi connectivity index (χ0n) is 41.2. The first-order valence-corrected chi connectivity index (χ1v) is 40.6. The number of nitrogens with one attached hydrogen (secondary N) is 1. The number of carbonyl (C=O) groups is 2. The van der Waals surface area contributed by atoms with Crippen molar-refractivity contribution in [3.63, 3.8) is 0 Å². The van der Waals surface area contributed by atoms with Gasteiger partial charge in [0.25, 0.3) is 5.91 Å². The van der Waals surface area contributed by atoms with E-state index in [0.717, 1.165) is 54.0 Å². The SMILES string of the molecule is C.CN(C)Cc1nccn1-c1ccc(N)c(F)c1.CN(C)Cc1nccn1-c1ccc(NC(=O)c2cc(C(F)(F)F)nn2-c2ccc(F)c(C#N)c2)c(F)c1.II.I[I-]I.N#Cc1cc(-n2nc(C(F)(F)F)cc2C(=O)O)ccc1F. The Kier molecular flexibility index (Phi) is 27.2. The van der Waals surface area contributed by atoms with Crippen LogP contribution in [-0.4, -0.2) is 93.6 Å². The van der Waals surface area contributed by atoms with Gasteiger partial charge in [-0.3, -0.25) is 4.79 Å². The van der Waals surface area contributed by atoms with Gasteiger partial charge in [-0.05, 0) is 88.9 Å². The van der Waals surface area contributed by atoms with E-state index in [0.29, 0.717) is 59.4 Å². The summed E-state index contributed by atoms with van der Waals surface area (Å²) in [7, 11) is 7.62.